The molecule has 0 spiro atoms. The fourth-order valence-electron chi connectivity index (χ4n) is 3.48. The van der Waals surface area contributed by atoms with Crippen LogP contribution in [-0.4, -0.2) is 35.7 Å². The molecular formula is C18H36N2O2. The average Bonchev–Trinajstić information content (AvgIpc) is 2.55. The van der Waals surface area contributed by atoms with Gasteiger partial charge < -0.3 is 5.73 Å². The van der Waals surface area contributed by atoms with E-state index in [1.165, 1.54) is 51.5 Å². The number of carbonyl (C=O) groups excluding carboxylic acids is 2. The van der Waals surface area contributed by atoms with Crippen molar-refractivity contribution >= 4 is 6.15 Å². The summed E-state index contributed by atoms with van der Waals surface area (Å²) in [7, 11) is 0. The van der Waals surface area contributed by atoms with Gasteiger partial charge in [-0.1, -0.05) is 53.4 Å². The van der Waals surface area contributed by atoms with Crippen molar-refractivity contribution in [3.8, 4) is 0 Å². The zero-order valence-corrected chi connectivity index (χ0v) is 15.3. The van der Waals surface area contributed by atoms with E-state index in [9.17, 15) is 0 Å². The first-order valence-corrected chi connectivity index (χ1v) is 8.70. The highest BCUT2D eigenvalue weighted by atomic mass is 16.2. The number of unbranched alkanes of at least 4 members (excludes halogenated alkanes) is 2. The summed E-state index contributed by atoms with van der Waals surface area (Å²) in [6.07, 6.45) is 9.38. The van der Waals surface area contributed by atoms with E-state index in [-0.39, 0.29) is 11.7 Å². The van der Waals surface area contributed by atoms with Gasteiger partial charge in [-0.2, -0.15) is 9.59 Å². The van der Waals surface area contributed by atoms with Crippen molar-refractivity contribution in [3.63, 3.8) is 0 Å². The van der Waals surface area contributed by atoms with E-state index in [2.05, 4.69) is 39.5 Å². The zero-order valence-electron chi connectivity index (χ0n) is 15.3. The Morgan fingerprint density at radius 1 is 1.23 bits per heavy atom. The second-order valence-corrected chi connectivity index (χ2v) is 8.04. The minimum atomic E-state index is 0.00472. The van der Waals surface area contributed by atoms with E-state index >= 15 is 0 Å². The Morgan fingerprint density at radius 3 is 2.32 bits per heavy atom. The van der Waals surface area contributed by atoms with Crippen molar-refractivity contribution in [1.82, 2.24) is 4.90 Å². The van der Waals surface area contributed by atoms with Crippen LogP contribution in [0.25, 0.3) is 0 Å². The highest BCUT2D eigenvalue weighted by Crippen LogP contribution is 2.31. The molecule has 22 heavy (non-hydrogen) atoms. The third kappa shape index (κ3) is 8.67. The molecule has 0 aliphatic carbocycles. The van der Waals surface area contributed by atoms with Gasteiger partial charge in [-0.05, 0) is 38.1 Å². The van der Waals surface area contributed by atoms with Crippen LogP contribution >= 0.6 is 0 Å². The molecule has 2 atom stereocenters. The van der Waals surface area contributed by atoms with Crippen molar-refractivity contribution in [1.29, 1.82) is 0 Å². The van der Waals surface area contributed by atoms with Crippen LogP contribution in [0.3, 0.4) is 0 Å². The lowest BCUT2D eigenvalue weighted by molar-refractivity contribution is -0.191. The second kappa shape index (κ2) is 10.1. The zero-order chi connectivity index (χ0) is 17.2. The van der Waals surface area contributed by atoms with E-state index in [4.69, 9.17) is 15.3 Å². The number of likely N-dealkylation sites (tertiary alicyclic amines) is 1. The van der Waals surface area contributed by atoms with Gasteiger partial charge in [-0.3, -0.25) is 4.90 Å². The summed E-state index contributed by atoms with van der Waals surface area (Å²) in [6, 6.07) is 0.681. The fourth-order valence-corrected chi connectivity index (χ4v) is 3.48. The van der Waals surface area contributed by atoms with E-state index in [0.717, 1.165) is 6.54 Å². The Morgan fingerprint density at radius 2 is 1.82 bits per heavy atom. The smallest absolute Gasteiger partial charge is 0.324 e. The minimum Gasteiger partial charge on any atom is -0.324 e. The molecule has 1 aliphatic rings. The van der Waals surface area contributed by atoms with Gasteiger partial charge in [-0.15, -0.1) is 0 Å². The van der Waals surface area contributed by atoms with E-state index in [1.54, 1.807) is 0 Å². The third-order valence-electron chi connectivity index (χ3n) is 4.53. The number of hydrogen-bond acceptors (Lipinski definition) is 4. The van der Waals surface area contributed by atoms with Crippen LogP contribution in [0.1, 0.15) is 79.6 Å². The summed E-state index contributed by atoms with van der Waals surface area (Å²) < 4.78 is 0. The van der Waals surface area contributed by atoms with Crippen LogP contribution in [0.15, 0.2) is 0 Å². The molecular weight excluding hydrogens is 276 g/mol. The van der Waals surface area contributed by atoms with E-state index in [1.807, 2.05) is 0 Å². The predicted molar refractivity (Wildman–Crippen MR) is 90.4 cm³/mol. The van der Waals surface area contributed by atoms with Gasteiger partial charge in [0.05, 0.1) is 0 Å². The number of nitrogens with zero attached hydrogens (tertiary/aromatic N) is 1. The van der Waals surface area contributed by atoms with Crippen LogP contribution < -0.4 is 5.73 Å². The van der Waals surface area contributed by atoms with Gasteiger partial charge >= 0.3 is 6.15 Å². The van der Waals surface area contributed by atoms with Gasteiger partial charge in [0, 0.05) is 18.1 Å². The highest BCUT2D eigenvalue weighted by molar-refractivity contribution is 5.20. The molecule has 4 heteroatoms. The maximum Gasteiger partial charge on any atom is 0.373 e. The molecule has 1 heterocycles. The molecule has 1 fully saturated rings. The van der Waals surface area contributed by atoms with Crippen LogP contribution in [0, 0.1) is 5.41 Å². The Labute approximate surface area is 136 Å². The van der Waals surface area contributed by atoms with E-state index < -0.39 is 0 Å². The first-order chi connectivity index (χ1) is 10.2. The summed E-state index contributed by atoms with van der Waals surface area (Å²) in [6.45, 7) is 14.0. The average molecular weight is 312 g/mol. The van der Waals surface area contributed by atoms with Gasteiger partial charge in [0.2, 0.25) is 0 Å². The number of rotatable bonds is 5. The predicted octanol–water partition coefficient (Wildman–Crippen LogP) is 3.60. The van der Waals surface area contributed by atoms with E-state index in [0.29, 0.717) is 11.5 Å². The molecule has 0 saturated carbocycles. The van der Waals surface area contributed by atoms with Gasteiger partial charge in [0.25, 0.3) is 0 Å². The molecule has 0 aromatic carbocycles. The van der Waals surface area contributed by atoms with Gasteiger partial charge in [0.1, 0.15) is 0 Å². The molecule has 0 aromatic heterocycles. The van der Waals surface area contributed by atoms with Crippen molar-refractivity contribution in [3.05, 3.63) is 0 Å². The third-order valence-corrected chi connectivity index (χ3v) is 4.53. The normalized spacial score (nSPS) is 24.6. The van der Waals surface area contributed by atoms with Crippen LogP contribution in [-0.2, 0) is 9.59 Å². The quantitative estimate of drug-likeness (QED) is 0.788. The summed E-state index contributed by atoms with van der Waals surface area (Å²) in [4.78, 5) is 18.9. The topological polar surface area (TPSA) is 63.4 Å². The standard InChI is InChI=1S/C17H36N2.CO2/c1-6-7-8-11-15(16(2,3)4)19-13-10-9-12-17(5,18)14-19;2-1-3/h15H,6-14,18H2,1-5H3;. The summed E-state index contributed by atoms with van der Waals surface area (Å²) >= 11 is 0. The molecule has 1 rings (SSSR count). The Balaban J connectivity index is 0.00000135. The molecule has 0 bridgehead atoms. The highest BCUT2D eigenvalue weighted by Gasteiger charge is 2.34. The monoisotopic (exact) mass is 312 g/mol. The molecule has 2 N–H and O–H groups in total. The molecule has 130 valence electrons. The molecule has 0 amide bonds. The van der Waals surface area contributed by atoms with Crippen LogP contribution in [0.2, 0.25) is 0 Å². The van der Waals surface area contributed by atoms with Gasteiger partial charge in [0.15, 0.2) is 0 Å². The molecule has 4 nitrogen and oxygen atoms in total. The summed E-state index contributed by atoms with van der Waals surface area (Å²) in [5.41, 5.74) is 6.82. The van der Waals surface area contributed by atoms with Crippen LogP contribution in [0.4, 0.5) is 0 Å². The van der Waals surface area contributed by atoms with Crippen molar-refractivity contribution in [2.45, 2.75) is 91.1 Å². The van der Waals surface area contributed by atoms with Crippen molar-refractivity contribution in [2.75, 3.05) is 13.1 Å². The first-order valence-electron chi connectivity index (χ1n) is 8.70. The van der Waals surface area contributed by atoms with Crippen LogP contribution in [0.5, 0.6) is 0 Å². The number of nitrogens with two attached hydrogens (primary N) is 1. The first kappa shape index (κ1) is 21.3. The molecule has 2 unspecified atom stereocenters. The lowest BCUT2D eigenvalue weighted by atomic mass is 9.82. The Hall–Kier alpha value is -0.700. The lowest BCUT2D eigenvalue weighted by Crippen LogP contribution is -2.52. The second-order valence-electron chi connectivity index (χ2n) is 8.04. The Kier molecular flexibility index (Phi) is 9.82. The Bertz CT molecular complexity index is 328. The summed E-state index contributed by atoms with van der Waals surface area (Å²) in [5, 5.41) is 0. The molecule has 0 radical (unpaired) electrons. The fraction of sp³-hybridized carbons (Fsp3) is 0.944. The maximum atomic E-state index is 8.12. The number of hydrogen-bond donors (Lipinski definition) is 1. The molecule has 0 aromatic rings. The molecule has 1 saturated heterocycles. The summed E-state index contributed by atoms with van der Waals surface area (Å²) in [5.74, 6) is 0. The van der Waals surface area contributed by atoms with Crippen molar-refractivity contribution < 1.29 is 9.59 Å². The minimum absolute atomic E-state index is 0.00472. The SMILES string of the molecule is CCCCCC(N1CCCCC(C)(N)C1)C(C)(C)C.O=C=O. The van der Waals surface area contributed by atoms with Crippen molar-refractivity contribution in [2.24, 2.45) is 11.1 Å². The maximum absolute atomic E-state index is 8.12. The largest absolute Gasteiger partial charge is 0.373 e. The molecule has 1 aliphatic heterocycles. The van der Waals surface area contributed by atoms with Gasteiger partial charge in [-0.25, -0.2) is 0 Å². The lowest BCUT2D eigenvalue weighted by Gasteiger charge is -2.42.